The monoisotopic (exact) mass is 535 g/mol. The van der Waals surface area contributed by atoms with E-state index in [0.29, 0.717) is 0 Å². The van der Waals surface area contributed by atoms with Gasteiger partial charge in [-0.15, -0.1) is 0 Å². The Balaban J connectivity index is 1.27. The lowest BCUT2D eigenvalue weighted by atomic mass is 9.94. The normalized spacial score (nSPS) is 11.8. The van der Waals surface area contributed by atoms with Gasteiger partial charge in [-0.05, 0) is 79.5 Å². The molecule has 0 bridgehead atoms. The summed E-state index contributed by atoms with van der Waals surface area (Å²) >= 11 is 0. The first kappa shape index (κ1) is 23.1. The third-order valence-electron chi connectivity index (χ3n) is 8.62. The van der Waals surface area contributed by atoms with Crippen molar-refractivity contribution in [2.24, 2.45) is 0 Å². The Morgan fingerprint density at radius 3 is 1.79 bits per heavy atom. The average molecular weight is 536 g/mol. The van der Waals surface area contributed by atoms with Crippen LogP contribution in [-0.2, 0) is 0 Å². The Labute approximate surface area is 242 Å². The van der Waals surface area contributed by atoms with E-state index in [1.165, 1.54) is 43.1 Å². The van der Waals surface area contributed by atoms with E-state index >= 15 is 0 Å². The largest absolute Gasteiger partial charge is 0.454 e. The molecule has 1 heterocycles. The molecule has 1 aromatic heterocycles. The highest BCUT2D eigenvalue weighted by molar-refractivity contribution is 6.22. The molecule has 0 saturated carbocycles. The quantitative estimate of drug-likeness (QED) is 0.209. The van der Waals surface area contributed by atoms with E-state index in [1.807, 2.05) is 12.1 Å². The molecule has 0 atom stereocenters. The van der Waals surface area contributed by atoms with E-state index in [9.17, 15) is 0 Å². The number of para-hydroxylation sites is 3. The SMILES string of the molecule is c1ccc(N(c2ccc3c(ccc4c3ccc3c5ccccc5ccc34)c2)c2cccc3c2oc2ccccc23)cc1. The van der Waals surface area contributed by atoms with Crippen molar-refractivity contribution in [3.8, 4) is 0 Å². The predicted octanol–water partition coefficient (Wildman–Crippen LogP) is 11.7. The number of rotatable bonds is 3. The van der Waals surface area contributed by atoms with E-state index < -0.39 is 0 Å². The highest BCUT2D eigenvalue weighted by atomic mass is 16.3. The van der Waals surface area contributed by atoms with Gasteiger partial charge in [0.2, 0.25) is 0 Å². The van der Waals surface area contributed by atoms with E-state index in [-0.39, 0.29) is 0 Å². The molecule has 2 heteroatoms. The standard InChI is InChI=1S/C40H25NO/c1-2-10-28(11-3-1)41(38-15-8-14-37-36-13-6-7-16-39(36)42-40(37)38)29-19-22-31-27(25-29)18-21-35-33(31)24-23-32-30-12-5-4-9-26(30)17-20-34(32)35/h1-25H. The van der Waals surface area contributed by atoms with E-state index in [2.05, 4.69) is 144 Å². The summed E-state index contributed by atoms with van der Waals surface area (Å²) in [5.74, 6) is 0. The minimum Gasteiger partial charge on any atom is -0.454 e. The summed E-state index contributed by atoms with van der Waals surface area (Å²) in [7, 11) is 0. The van der Waals surface area contributed by atoms with Gasteiger partial charge in [-0.25, -0.2) is 0 Å². The van der Waals surface area contributed by atoms with Gasteiger partial charge in [0.15, 0.2) is 5.58 Å². The Hall–Kier alpha value is -5.60. The summed E-state index contributed by atoms with van der Waals surface area (Å²) < 4.78 is 6.48. The number of fused-ring (bicyclic) bond motifs is 10. The maximum absolute atomic E-state index is 6.48. The van der Waals surface area contributed by atoms with Gasteiger partial charge in [0.25, 0.3) is 0 Å². The Kier molecular flexibility index (Phi) is 4.93. The third-order valence-corrected chi connectivity index (χ3v) is 8.62. The minimum atomic E-state index is 0.889. The molecule has 0 unspecified atom stereocenters. The molecule has 8 aromatic carbocycles. The van der Waals surface area contributed by atoms with Gasteiger partial charge in [-0.3, -0.25) is 0 Å². The molecule has 0 spiro atoms. The zero-order valence-electron chi connectivity index (χ0n) is 22.8. The Bertz CT molecular complexity index is 2470. The molecule has 9 rings (SSSR count). The summed E-state index contributed by atoms with van der Waals surface area (Å²) in [6, 6.07) is 54.3. The topological polar surface area (TPSA) is 16.4 Å². The number of hydrogen-bond donors (Lipinski definition) is 0. The van der Waals surface area contributed by atoms with Crippen molar-refractivity contribution in [1.29, 1.82) is 0 Å². The summed E-state index contributed by atoms with van der Waals surface area (Å²) in [6.07, 6.45) is 0. The lowest BCUT2D eigenvalue weighted by molar-refractivity contribution is 0.669. The van der Waals surface area contributed by atoms with Gasteiger partial charge in [-0.1, -0.05) is 115 Å². The summed E-state index contributed by atoms with van der Waals surface area (Å²) in [5.41, 5.74) is 4.99. The summed E-state index contributed by atoms with van der Waals surface area (Å²) in [4.78, 5) is 2.31. The summed E-state index contributed by atoms with van der Waals surface area (Å²) in [5, 5.41) is 12.4. The molecular formula is C40H25NO. The molecule has 0 aliphatic heterocycles. The van der Waals surface area contributed by atoms with Gasteiger partial charge >= 0.3 is 0 Å². The molecular weight excluding hydrogens is 510 g/mol. The van der Waals surface area contributed by atoms with Crippen LogP contribution < -0.4 is 4.90 Å². The van der Waals surface area contributed by atoms with Crippen LogP contribution in [0.2, 0.25) is 0 Å². The van der Waals surface area contributed by atoms with Crippen LogP contribution in [0.15, 0.2) is 156 Å². The number of nitrogens with zero attached hydrogens (tertiary/aromatic N) is 1. The fourth-order valence-electron chi connectivity index (χ4n) is 6.68. The molecule has 0 N–H and O–H groups in total. The fraction of sp³-hybridized carbons (Fsp3) is 0. The highest BCUT2D eigenvalue weighted by Crippen LogP contribution is 2.43. The van der Waals surface area contributed by atoms with Crippen LogP contribution in [0, 0.1) is 0 Å². The molecule has 0 radical (unpaired) electrons. The van der Waals surface area contributed by atoms with E-state index in [4.69, 9.17) is 4.42 Å². The predicted molar refractivity (Wildman–Crippen MR) is 178 cm³/mol. The first-order chi connectivity index (χ1) is 20.8. The molecule has 0 amide bonds. The molecule has 196 valence electrons. The highest BCUT2D eigenvalue weighted by Gasteiger charge is 2.19. The number of furan rings is 1. The van der Waals surface area contributed by atoms with Crippen LogP contribution in [-0.4, -0.2) is 0 Å². The molecule has 0 fully saturated rings. The Morgan fingerprint density at radius 2 is 0.952 bits per heavy atom. The first-order valence-electron chi connectivity index (χ1n) is 14.4. The zero-order valence-corrected chi connectivity index (χ0v) is 22.8. The smallest absolute Gasteiger partial charge is 0.159 e. The maximum Gasteiger partial charge on any atom is 0.159 e. The van der Waals surface area contributed by atoms with Gasteiger partial charge in [0.1, 0.15) is 5.58 Å². The first-order valence-corrected chi connectivity index (χ1v) is 14.4. The number of anilines is 3. The van der Waals surface area contributed by atoms with Crippen molar-refractivity contribution in [3.05, 3.63) is 152 Å². The third kappa shape index (κ3) is 3.39. The number of benzene rings is 8. The minimum absolute atomic E-state index is 0.889. The Morgan fingerprint density at radius 1 is 0.357 bits per heavy atom. The van der Waals surface area contributed by atoms with Gasteiger partial charge in [0.05, 0.1) is 5.69 Å². The van der Waals surface area contributed by atoms with Crippen LogP contribution in [0.1, 0.15) is 0 Å². The van der Waals surface area contributed by atoms with Gasteiger partial charge < -0.3 is 9.32 Å². The van der Waals surface area contributed by atoms with Crippen molar-refractivity contribution >= 4 is 82.1 Å². The molecule has 42 heavy (non-hydrogen) atoms. The molecule has 2 nitrogen and oxygen atoms in total. The van der Waals surface area contributed by atoms with E-state index in [1.54, 1.807) is 0 Å². The van der Waals surface area contributed by atoms with Crippen LogP contribution in [0.4, 0.5) is 17.1 Å². The lowest BCUT2D eigenvalue weighted by Crippen LogP contribution is -2.10. The summed E-state index contributed by atoms with van der Waals surface area (Å²) in [6.45, 7) is 0. The van der Waals surface area contributed by atoms with Crippen LogP contribution in [0.3, 0.4) is 0 Å². The van der Waals surface area contributed by atoms with Crippen molar-refractivity contribution in [1.82, 2.24) is 0 Å². The zero-order chi connectivity index (χ0) is 27.6. The van der Waals surface area contributed by atoms with Crippen LogP contribution >= 0.6 is 0 Å². The van der Waals surface area contributed by atoms with Crippen molar-refractivity contribution < 1.29 is 4.42 Å². The van der Waals surface area contributed by atoms with Crippen LogP contribution in [0.5, 0.6) is 0 Å². The van der Waals surface area contributed by atoms with Crippen LogP contribution in [0.25, 0.3) is 65.0 Å². The van der Waals surface area contributed by atoms with Crippen molar-refractivity contribution in [3.63, 3.8) is 0 Å². The fourth-order valence-corrected chi connectivity index (χ4v) is 6.68. The second kappa shape index (κ2) is 8.95. The van der Waals surface area contributed by atoms with Crippen molar-refractivity contribution in [2.45, 2.75) is 0 Å². The number of hydrogen-bond acceptors (Lipinski definition) is 2. The van der Waals surface area contributed by atoms with Gasteiger partial charge in [0, 0.05) is 22.1 Å². The van der Waals surface area contributed by atoms with Crippen molar-refractivity contribution in [2.75, 3.05) is 4.90 Å². The molecule has 0 aliphatic rings. The maximum atomic E-state index is 6.48. The van der Waals surface area contributed by atoms with Gasteiger partial charge in [-0.2, -0.15) is 0 Å². The second-order valence-electron chi connectivity index (χ2n) is 10.9. The lowest BCUT2D eigenvalue weighted by Gasteiger charge is -2.26. The molecule has 9 aromatic rings. The average Bonchev–Trinajstić information content (AvgIpc) is 3.44. The second-order valence-corrected chi connectivity index (χ2v) is 10.9. The van der Waals surface area contributed by atoms with E-state index in [0.717, 1.165) is 39.0 Å². The molecule has 0 saturated heterocycles. The molecule has 0 aliphatic carbocycles.